The molecule has 1 N–H and O–H groups in total. The van der Waals surface area contributed by atoms with Crippen LogP contribution >= 0.6 is 0 Å². The van der Waals surface area contributed by atoms with E-state index in [1.54, 1.807) is 0 Å². The maximum atomic E-state index is 10.4. The number of nitrogens with zero attached hydrogens (tertiary/aromatic N) is 2. The first-order chi connectivity index (χ1) is 8.65. The van der Waals surface area contributed by atoms with Gasteiger partial charge in [0.05, 0.1) is 18.0 Å². The van der Waals surface area contributed by atoms with E-state index in [0.29, 0.717) is 5.76 Å². The topological polar surface area (TPSA) is 80.7 Å². The molecule has 6 nitrogen and oxygen atoms in total. The third-order valence-corrected chi connectivity index (χ3v) is 2.20. The molecule has 0 aliphatic heterocycles. The van der Waals surface area contributed by atoms with E-state index in [9.17, 15) is 10.1 Å². The van der Waals surface area contributed by atoms with Crippen LogP contribution in [0.2, 0.25) is 0 Å². The zero-order valence-corrected chi connectivity index (χ0v) is 9.66. The quantitative estimate of drug-likeness (QED) is 0.510. The molecule has 0 radical (unpaired) electrons. The predicted octanol–water partition coefficient (Wildman–Crippen LogP) is 2.94. The van der Waals surface area contributed by atoms with E-state index in [4.69, 9.17) is 4.42 Å². The number of benzene rings is 1. The Kier molecular flexibility index (Phi) is 3.38. The second-order valence-corrected chi connectivity index (χ2v) is 3.67. The summed E-state index contributed by atoms with van der Waals surface area (Å²) >= 11 is 0. The molecule has 0 unspecified atom stereocenters. The maximum Gasteiger partial charge on any atom is 0.433 e. The summed E-state index contributed by atoms with van der Waals surface area (Å²) in [5.74, 6) is 0.0221. The van der Waals surface area contributed by atoms with Crippen LogP contribution < -0.4 is 5.43 Å². The van der Waals surface area contributed by atoms with Crippen molar-refractivity contribution in [3.63, 3.8) is 0 Å². The normalized spacial score (nSPS) is 10.7. The van der Waals surface area contributed by atoms with Gasteiger partial charge in [0.15, 0.2) is 5.76 Å². The van der Waals surface area contributed by atoms with E-state index < -0.39 is 4.92 Å². The van der Waals surface area contributed by atoms with Gasteiger partial charge in [0.2, 0.25) is 0 Å². The molecule has 0 aliphatic carbocycles. The van der Waals surface area contributed by atoms with Gasteiger partial charge in [0, 0.05) is 0 Å². The lowest BCUT2D eigenvalue weighted by molar-refractivity contribution is -0.402. The van der Waals surface area contributed by atoms with Crippen molar-refractivity contribution < 1.29 is 9.34 Å². The molecule has 0 saturated heterocycles. The molecule has 6 heteroatoms. The molecule has 2 rings (SSSR count). The molecule has 0 spiro atoms. The minimum atomic E-state index is -0.592. The fraction of sp³-hybridized carbons (Fsp3) is 0.0833. The summed E-state index contributed by atoms with van der Waals surface area (Å²) < 4.78 is 4.92. The number of hydrogen-bond acceptors (Lipinski definition) is 5. The standard InChI is InChI=1S/C12H11N3O3/c1-9-3-2-4-10(7-9)14-13-8-11-5-6-12(18-11)15(16)17/h2-8,14H,1H3/b13-8+. The van der Waals surface area contributed by atoms with Gasteiger partial charge in [-0.05, 0) is 30.7 Å². The van der Waals surface area contributed by atoms with Gasteiger partial charge in [0.1, 0.15) is 4.92 Å². The number of aryl methyl sites for hydroxylation is 1. The fourth-order valence-corrected chi connectivity index (χ4v) is 1.39. The molecule has 0 bridgehead atoms. The highest BCUT2D eigenvalue weighted by atomic mass is 16.6. The molecule has 0 fully saturated rings. The molecule has 0 amide bonds. The fourth-order valence-electron chi connectivity index (χ4n) is 1.39. The van der Waals surface area contributed by atoms with Crippen molar-refractivity contribution in [1.82, 2.24) is 0 Å². The van der Waals surface area contributed by atoms with Gasteiger partial charge in [-0.3, -0.25) is 15.5 Å². The van der Waals surface area contributed by atoms with Crippen LogP contribution in [0.15, 0.2) is 45.9 Å². The van der Waals surface area contributed by atoms with Crippen LogP contribution in [0.3, 0.4) is 0 Å². The van der Waals surface area contributed by atoms with Crippen molar-refractivity contribution in [1.29, 1.82) is 0 Å². The highest BCUT2D eigenvalue weighted by Crippen LogP contribution is 2.14. The first-order valence-corrected chi connectivity index (χ1v) is 5.25. The second kappa shape index (κ2) is 5.13. The number of nitro groups is 1. The van der Waals surface area contributed by atoms with Crippen LogP contribution in [0.25, 0.3) is 0 Å². The summed E-state index contributed by atoms with van der Waals surface area (Å²) in [4.78, 5) is 9.81. The number of rotatable bonds is 4. The van der Waals surface area contributed by atoms with E-state index in [-0.39, 0.29) is 5.88 Å². The maximum absolute atomic E-state index is 10.4. The molecule has 1 aromatic heterocycles. The first-order valence-electron chi connectivity index (χ1n) is 5.25. The van der Waals surface area contributed by atoms with Gasteiger partial charge in [0.25, 0.3) is 0 Å². The highest BCUT2D eigenvalue weighted by molar-refractivity contribution is 5.77. The van der Waals surface area contributed by atoms with Crippen molar-refractivity contribution in [3.05, 3.63) is 57.8 Å². The zero-order chi connectivity index (χ0) is 13.0. The van der Waals surface area contributed by atoms with Crippen LogP contribution in [0, 0.1) is 17.0 Å². The number of anilines is 1. The molecule has 0 atom stereocenters. The summed E-state index contributed by atoms with van der Waals surface area (Å²) in [5.41, 5.74) is 4.77. The van der Waals surface area contributed by atoms with Gasteiger partial charge in [-0.25, -0.2) is 0 Å². The van der Waals surface area contributed by atoms with E-state index in [2.05, 4.69) is 10.5 Å². The Balaban J connectivity index is 2.00. The van der Waals surface area contributed by atoms with Crippen molar-refractivity contribution in [3.8, 4) is 0 Å². The third-order valence-electron chi connectivity index (χ3n) is 2.20. The number of furan rings is 1. The Hall–Kier alpha value is -2.63. The van der Waals surface area contributed by atoms with Crippen molar-refractivity contribution >= 4 is 17.8 Å². The Bertz CT molecular complexity index is 590. The molecular weight excluding hydrogens is 234 g/mol. The lowest BCUT2D eigenvalue weighted by atomic mass is 10.2. The lowest BCUT2D eigenvalue weighted by Gasteiger charge is -1.99. The van der Waals surface area contributed by atoms with Crippen molar-refractivity contribution in [2.24, 2.45) is 5.10 Å². The monoisotopic (exact) mass is 245 g/mol. The average Bonchev–Trinajstić information content (AvgIpc) is 2.78. The van der Waals surface area contributed by atoms with Gasteiger partial charge in [-0.15, -0.1) is 0 Å². The molecule has 0 saturated carbocycles. The van der Waals surface area contributed by atoms with E-state index in [0.717, 1.165) is 11.3 Å². The first kappa shape index (κ1) is 11.8. The van der Waals surface area contributed by atoms with Crippen molar-refractivity contribution in [2.75, 3.05) is 5.43 Å². The van der Waals surface area contributed by atoms with Gasteiger partial charge < -0.3 is 4.42 Å². The molecule has 2 aromatic rings. The summed E-state index contributed by atoms with van der Waals surface area (Å²) in [5, 5.41) is 14.3. The van der Waals surface area contributed by atoms with Crippen LogP contribution in [-0.2, 0) is 0 Å². The van der Waals surface area contributed by atoms with Crippen LogP contribution in [-0.4, -0.2) is 11.1 Å². The average molecular weight is 245 g/mol. The molecule has 1 heterocycles. The van der Waals surface area contributed by atoms with Crippen LogP contribution in [0.5, 0.6) is 0 Å². The summed E-state index contributed by atoms with van der Waals surface area (Å²) in [6.07, 6.45) is 1.38. The number of nitrogens with one attached hydrogen (secondary N) is 1. The number of hydrazone groups is 1. The summed E-state index contributed by atoms with van der Waals surface area (Å²) in [7, 11) is 0. The Morgan fingerprint density at radius 2 is 2.22 bits per heavy atom. The van der Waals surface area contributed by atoms with Crippen LogP contribution in [0.1, 0.15) is 11.3 Å². The third kappa shape index (κ3) is 2.94. The summed E-state index contributed by atoms with van der Waals surface area (Å²) in [6, 6.07) is 10.5. The SMILES string of the molecule is Cc1cccc(N/N=C/c2ccc([N+](=O)[O-])o2)c1. The number of hydrogen-bond donors (Lipinski definition) is 1. The Labute approximate surface area is 103 Å². The van der Waals surface area contributed by atoms with Crippen molar-refractivity contribution in [2.45, 2.75) is 6.92 Å². The molecule has 18 heavy (non-hydrogen) atoms. The van der Waals surface area contributed by atoms with Gasteiger partial charge in [-0.1, -0.05) is 12.1 Å². The largest absolute Gasteiger partial charge is 0.433 e. The van der Waals surface area contributed by atoms with Gasteiger partial charge in [-0.2, -0.15) is 5.10 Å². The molecule has 0 aliphatic rings. The van der Waals surface area contributed by atoms with E-state index >= 15 is 0 Å². The highest BCUT2D eigenvalue weighted by Gasteiger charge is 2.09. The second-order valence-electron chi connectivity index (χ2n) is 3.67. The minimum Gasteiger partial charge on any atom is -0.400 e. The Morgan fingerprint density at radius 3 is 2.89 bits per heavy atom. The Morgan fingerprint density at radius 1 is 1.39 bits per heavy atom. The van der Waals surface area contributed by atoms with Crippen LogP contribution in [0.4, 0.5) is 11.6 Å². The predicted molar refractivity (Wildman–Crippen MR) is 67.8 cm³/mol. The summed E-state index contributed by atoms with van der Waals surface area (Å²) in [6.45, 7) is 1.98. The smallest absolute Gasteiger partial charge is 0.400 e. The molecule has 92 valence electrons. The lowest BCUT2D eigenvalue weighted by Crippen LogP contribution is -1.90. The van der Waals surface area contributed by atoms with E-state index in [1.807, 2.05) is 31.2 Å². The minimum absolute atomic E-state index is 0.299. The molecule has 1 aromatic carbocycles. The van der Waals surface area contributed by atoms with E-state index in [1.165, 1.54) is 18.3 Å². The zero-order valence-electron chi connectivity index (χ0n) is 9.66. The van der Waals surface area contributed by atoms with Gasteiger partial charge >= 0.3 is 5.88 Å². The molecular formula is C12H11N3O3.